The molecule has 264 valence electrons. The quantitative estimate of drug-likeness (QED) is 0.149. The zero-order chi connectivity index (χ0) is 36.7. The van der Waals surface area contributed by atoms with E-state index in [9.17, 15) is 0 Å². The van der Waals surface area contributed by atoms with E-state index in [-0.39, 0.29) is 0 Å². The van der Waals surface area contributed by atoms with Crippen LogP contribution in [0.25, 0.3) is 44.1 Å². The molecule has 0 aliphatic rings. The topological polar surface area (TPSA) is 71.3 Å². The van der Waals surface area contributed by atoms with Gasteiger partial charge in [-0.05, 0) is 120 Å². The minimum atomic E-state index is 0.427. The first-order valence-corrected chi connectivity index (χ1v) is 17.6. The Labute approximate surface area is 310 Å². The van der Waals surface area contributed by atoms with Crippen molar-refractivity contribution in [1.82, 2.24) is 19.7 Å². The van der Waals surface area contributed by atoms with Crippen molar-refractivity contribution in [3.05, 3.63) is 168 Å². The van der Waals surface area contributed by atoms with Gasteiger partial charge in [-0.25, -0.2) is 4.98 Å². The summed E-state index contributed by atoms with van der Waals surface area (Å²) in [6.07, 6.45) is 6.49. The third kappa shape index (κ3) is 8.05. The Hall–Kier alpha value is -6.47. The Kier molecular flexibility index (Phi) is 10.4. The molecule has 7 nitrogen and oxygen atoms in total. The van der Waals surface area contributed by atoms with Crippen molar-refractivity contribution in [2.24, 2.45) is 7.05 Å². The molecule has 53 heavy (non-hydrogen) atoms. The molecule has 3 heterocycles. The molecule has 0 fully saturated rings. The second-order valence-corrected chi connectivity index (χ2v) is 13.1. The Morgan fingerprint density at radius 2 is 1.42 bits per heavy atom. The van der Waals surface area contributed by atoms with Crippen molar-refractivity contribution in [1.29, 1.82) is 0 Å². The van der Waals surface area contributed by atoms with Crippen molar-refractivity contribution in [3.63, 3.8) is 0 Å². The van der Waals surface area contributed by atoms with E-state index in [0.29, 0.717) is 6.61 Å². The number of rotatable bonds is 9. The third-order valence-electron chi connectivity index (χ3n) is 9.42. The summed E-state index contributed by atoms with van der Waals surface area (Å²) in [7, 11) is 5.27. The van der Waals surface area contributed by atoms with Gasteiger partial charge in [-0.2, -0.15) is 5.10 Å². The Balaban J connectivity index is 0.000000170. The van der Waals surface area contributed by atoms with Crippen LogP contribution in [0.4, 0.5) is 0 Å². The summed E-state index contributed by atoms with van der Waals surface area (Å²) < 4.78 is 18.5. The first-order chi connectivity index (χ1) is 25.9. The minimum absolute atomic E-state index is 0.427. The number of methoxy groups -OCH3 is 2. The summed E-state index contributed by atoms with van der Waals surface area (Å²) >= 11 is 0. The molecule has 5 aromatic carbocycles. The molecule has 0 atom stereocenters. The van der Waals surface area contributed by atoms with E-state index in [0.717, 1.165) is 62.7 Å². The molecule has 0 aliphatic carbocycles. The number of para-hydroxylation sites is 1. The molecular weight excluding hydrogens is 657 g/mol. The largest absolute Gasteiger partial charge is 0.493 e. The maximum absolute atomic E-state index is 5.96. The lowest BCUT2D eigenvalue weighted by Crippen LogP contribution is -1.98. The predicted octanol–water partition coefficient (Wildman–Crippen LogP) is 10.3. The molecule has 0 N–H and O–H groups in total. The monoisotopic (exact) mass is 698 g/mol. The van der Waals surface area contributed by atoms with Crippen LogP contribution in [0.1, 0.15) is 27.9 Å². The summed E-state index contributed by atoms with van der Waals surface area (Å²) in [5.74, 6) is 2.34. The Morgan fingerprint density at radius 1 is 0.660 bits per heavy atom. The van der Waals surface area contributed by atoms with Gasteiger partial charge in [-0.15, -0.1) is 0 Å². The zero-order valence-corrected chi connectivity index (χ0v) is 30.7. The first kappa shape index (κ1) is 35.0. The van der Waals surface area contributed by atoms with Crippen molar-refractivity contribution in [3.8, 4) is 39.6 Å². The summed E-state index contributed by atoms with van der Waals surface area (Å²) in [5, 5.41) is 8.41. The zero-order valence-electron chi connectivity index (χ0n) is 30.7. The molecule has 0 saturated heterocycles. The number of nitrogens with zero attached hydrogens (tertiary/aromatic N) is 4. The SMILES string of the molecule is COc1ccc(Cc2cccc3cc(C)c(C)cc23)cc1OC.Cn1cc(-c2ccncc2)c(-c2ccc(OCc3ccc4ccccc4n3)cc2)n1. The molecule has 0 radical (unpaired) electrons. The van der Waals surface area contributed by atoms with Gasteiger partial charge in [0.05, 0.1) is 25.4 Å². The van der Waals surface area contributed by atoms with Crippen LogP contribution >= 0.6 is 0 Å². The molecule has 0 saturated carbocycles. The molecule has 0 unspecified atom stereocenters. The summed E-state index contributed by atoms with van der Waals surface area (Å²) in [4.78, 5) is 8.77. The van der Waals surface area contributed by atoms with E-state index in [1.165, 1.54) is 33.0 Å². The summed E-state index contributed by atoms with van der Waals surface area (Å²) in [5.41, 5.74) is 11.2. The number of aromatic nitrogens is 4. The molecule has 7 heteroatoms. The van der Waals surface area contributed by atoms with Crippen LogP contribution in [0, 0.1) is 13.8 Å². The van der Waals surface area contributed by atoms with Gasteiger partial charge in [0, 0.05) is 42.2 Å². The van der Waals surface area contributed by atoms with Crippen LogP contribution in [0.3, 0.4) is 0 Å². The average molecular weight is 699 g/mol. The molecular formula is C46H42N4O3. The number of ether oxygens (including phenoxy) is 3. The summed E-state index contributed by atoms with van der Waals surface area (Å²) in [6, 6.07) is 41.4. The van der Waals surface area contributed by atoms with Crippen molar-refractivity contribution in [2.45, 2.75) is 26.9 Å². The van der Waals surface area contributed by atoms with Gasteiger partial charge in [-0.1, -0.05) is 60.7 Å². The van der Waals surface area contributed by atoms with Gasteiger partial charge >= 0.3 is 0 Å². The van der Waals surface area contributed by atoms with Crippen LogP contribution in [0.15, 0.2) is 140 Å². The first-order valence-electron chi connectivity index (χ1n) is 17.6. The second kappa shape index (κ2) is 15.8. The smallest absolute Gasteiger partial charge is 0.160 e. The molecule has 8 rings (SSSR count). The highest BCUT2D eigenvalue weighted by Gasteiger charge is 2.13. The number of hydrogen-bond donors (Lipinski definition) is 0. The Morgan fingerprint density at radius 3 is 2.21 bits per heavy atom. The molecule has 0 amide bonds. The molecule has 8 aromatic rings. The van der Waals surface area contributed by atoms with Gasteiger partial charge in [0.15, 0.2) is 11.5 Å². The number of aryl methyl sites for hydroxylation is 3. The fraction of sp³-hybridized carbons (Fsp3) is 0.152. The molecule has 0 spiro atoms. The lowest BCUT2D eigenvalue weighted by atomic mass is 9.95. The number of benzene rings is 5. The fourth-order valence-corrected chi connectivity index (χ4v) is 6.48. The van der Waals surface area contributed by atoms with E-state index in [1.54, 1.807) is 26.6 Å². The maximum Gasteiger partial charge on any atom is 0.160 e. The van der Waals surface area contributed by atoms with Crippen molar-refractivity contribution < 1.29 is 14.2 Å². The number of pyridine rings is 2. The standard InChI is InChI=1S/C25H20N4O.C21H22O2/c1-29-16-23(18-12-14-26-15-13-18)25(28-29)20-7-10-22(11-8-20)30-17-21-9-6-19-4-2-3-5-24(19)27-21;1-14-10-17-6-5-7-18(19(17)11-15(14)2)12-16-8-9-20(22-3)21(13-16)23-4/h2-16H,17H2,1H3;5-11,13H,12H2,1-4H3. The lowest BCUT2D eigenvalue weighted by Gasteiger charge is -2.12. The van der Waals surface area contributed by atoms with Gasteiger partial charge in [-0.3, -0.25) is 9.67 Å². The van der Waals surface area contributed by atoms with Crippen LogP contribution in [0.2, 0.25) is 0 Å². The van der Waals surface area contributed by atoms with Crippen LogP contribution in [-0.2, 0) is 20.1 Å². The maximum atomic E-state index is 5.96. The Bertz CT molecular complexity index is 2490. The average Bonchev–Trinajstić information content (AvgIpc) is 3.60. The second-order valence-electron chi connectivity index (χ2n) is 13.1. The van der Waals surface area contributed by atoms with E-state index in [1.807, 2.05) is 84.7 Å². The number of hydrogen-bond acceptors (Lipinski definition) is 6. The van der Waals surface area contributed by atoms with E-state index in [4.69, 9.17) is 14.2 Å². The van der Waals surface area contributed by atoms with Crippen LogP contribution < -0.4 is 14.2 Å². The molecule has 0 aliphatic heterocycles. The normalized spacial score (nSPS) is 10.9. The summed E-state index contributed by atoms with van der Waals surface area (Å²) in [6.45, 7) is 4.76. The van der Waals surface area contributed by atoms with Crippen LogP contribution in [-0.4, -0.2) is 34.0 Å². The highest BCUT2D eigenvalue weighted by Crippen LogP contribution is 2.32. The van der Waals surface area contributed by atoms with E-state index < -0.39 is 0 Å². The van der Waals surface area contributed by atoms with Crippen LogP contribution in [0.5, 0.6) is 17.2 Å². The van der Waals surface area contributed by atoms with Gasteiger partial charge in [0.25, 0.3) is 0 Å². The van der Waals surface area contributed by atoms with Crippen molar-refractivity contribution >= 4 is 21.7 Å². The van der Waals surface area contributed by atoms with E-state index >= 15 is 0 Å². The highest BCUT2D eigenvalue weighted by molar-refractivity contribution is 5.87. The van der Waals surface area contributed by atoms with E-state index in [2.05, 4.69) is 83.5 Å². The highest BCUT2D eigenvalue weighted by atomic mass is 16.5. The van der Waals surface area contributed by atoms with Crippen molar-refractivity contribution in [2.75, 3.05) is 14.2 Å². The van der Waals surface area contributed by atoms with Gasteiger partial charge < -0.3 is 14.2 Å². The fourth-order valence-electron chi connectivity index (χ4n) is 6.48. The van der Waals surface area contributed by atoms with Gasteiger partial charge in [0.2, 0.25) is 0 Å². The van der Waals surface area contributed by atoms with Gasteiger partial charge in [0.1, 0.15) is 18.1 Å². The number of fused-ring (bicyclic) bond motifs is 2. The molecule has 0 bridgehead atoms. The predicted molar refractivity (Wildman–Crippen MR) is 214 cm³/mol. The minimum Gasteiger partial charge on any atom is -0.493 e. The molecule has 3 aromatic heterocycles. The lowest BCUT2D eigenvalue weighted by molar-refractivity contribution is 0.302. The third-order valence-corrected chi connectivity index (χ3v) is 9.42.